The van der Waals surface area contributed by atoms with Crippen LogP contribution < -0.4 is 0 Å². The molecule has 0 aromatic heterocycles. The number of carbonyl (C=O) groups excluding carboxylic acids is 4. The van der Waals surface area contributed by atoms with E-state index in [0.29, 0.717) is 25.7 Å². The number of hydrogen-bond acceptors (Lipinski definition) is 15. The zero-order valence-electron chi connectivity index (χ0n) is 61.1. The Hall–Kier alpha value is -1.94. The molecule has 0 aliphatic heterocycles. The number of esters is 4. The molecule has 19 heteroatoms. The van der Waals surface area contributed by atoms with Crippen LogP contribution in [0.5, 0.6) is 0 Å². The van der Waals surface area contributed by atoms with E-state index in [9.17, 15) is 43.2 Å². The van der Waals surface area contributed by atoms with Crippen LogP contribution in [0.25, 0.3) is 0 Å². The minimum atomic E-state index is -4.95. The molecule has 0 heterocycles. The van der Waals surface area contributed by atoms with Crippen molar-refractivity contribution in [2.24, 2.45) is 5.92 Å². The van der Waals surface area contributed by atoms with Gasteiger partial charge in [-0.2, -0.15) is 0 Å². The van der Waals surface area contributed by atoms with Gasteiger partial charge < -0.3 is 33.8 Å². The summed E-state index contributed by atoms with van der Waals surface area (Å²) in [6.45, 7) is 7.30. The Morgan fingerprint density at radius 1 is 0.287 bits per heavy atom. The fourth-order valence-electron chi connectivity index (χ4n) is 11.5. The summed E-state index contributed by atoms with van der Waals surface area (Å²) in [5.74, 6) is -1.30. The highest BCUT2D eigenvalue weighted by Crippen LogP contribution is 2.45. The largest absolute Gasteiger partial charge is 0.472 e. The van der Waals surface area contributed by atoms with Crippen molar-refractivity contribution < 1.29 is 80.2 Å². The molecule has 0 saturated carbocycles. The minimum Gasteiger partial charge on any atom is -0.462 e. The first-order valence-electron chi connectivity index (χ1n) is 39.1. The van der Waals surface area contributed by atoms with E-state index in [-0.39, 0.29) is 25.7 Å². The highest BCUT2D eigenvalue weighted by atomic mass is 31.2. The van der Waals surface area contributed by atoms with Crippen LogP contribution in [-0.4, -0.2) is 96.7 Å². The predicted octanol–water partition coefficient (Wildman–Crippen LogP) is 22.1. The molecular weight excluding hydrogens is 1230 g/mol. The van der Waals surface area contributed by atoms with E-state index >= 15 is 0 Å². The molecule has 17 nitrogen and oxygen atoms in total. The van der Waals surface area contributed by atoms with E-state index in [1.807, 2.05) is 0 Å². The predicted molar refractivity (Wildman–Crippen MR) is 382 cm³/mol. The fourth-order valence-corrected chi connectivity index (χ4v) is 13.1. The number of aliphatic hydroxyl groups is 1. The molecule has 0 saturated heterocycles. The summed E-state index contributed by atoms with van der Waals surface area (Å²) in [4.78, 5) is 72.6. The van der Waals surface area contributed by atoms with Gasteiger partial charge in [-0.1, -0.05) is 343 Å². The molecule has 0 aromatic rings. The van der Waals surface area contributed by atoms with Crippen molar-refractivity contribution in [3.8, 4) is 0 Å². The average Bonchev–Trinajstić information content (AvgIpc) is 1.10. The Morgan fingerprint density at radius 3 is 0.723 bits per heavy atom. The van der Waals surface area contributed by atoms with Gasteiger partial charge in [0, 0.05) is 25.7 Å². The highest BCUT2D eigenvalue weighted by Gasteiger charge is 2.30. The fraction of sp³-hybridized carbons (Fsp3) is 0.947. The van der Waals surface area contributed by atoms with Gasteiger partial charge >= 0.3 is 39.5 Å². The van der Waals surface area contributed by atoms with Crippen molar-refractivity contribution in [2.45, 2.75) is 412 Å². The van der Waals surface area contributed by atoms with E-state index in [2.05, 4.69) is 34.6 Å². The Bertz CT molecular complexity index is 1810. The topological polar surface area (TPSA) is 237 Å². The van der Waals surface area contributed by atoms with Crippen LogP contribution in [0.2, 0.25) is 0 Å². The molecule has 5 atom stereocenters. The quantitative estimate of drug-likeness (QED) is 0.0222. The van der Waals surface area contributed by atoms with Crippen LogP contribution in [0.15, 0.2) is 0 Å². The number of carbonyl (C=O) groups is 4. The van der Waals surface area contributed by atoms with Crippen molar-refractivity contribution in [1.29, 1.82) is 0 Å². The van der Waals surface area contributed by atoms with Gasteiger partial charge in [0.2, 0.25) is 0 Å². The summed E-state index contributed by atoms with van der Waals surface area (Å²) >= 11 is 0. The monoisotopic (exact) mass is 1380 g/mol. The number of unbranched alkanes of at least 4 members (excludes halogenated alkanes) is 47. The normalized spacial score (nSPS) is 14.0. The Balaban J connectivity index is 5.17. The smallest absolute Gasteiger partial charge is 0.462 e. The summed E-state index contributed by atoms with van der Waals surface area (Å²) in [5, 5.41) is 10.6. The van der Waals surface area contributed by atoms with Crippen LogP contribution in [0.1, 0.15) is 394 Å². The van der Waals surface area contributed by atoms with Gasteiger partial charge in [-0.25, -0.2) is 9.13 Å². The van der Waals surface area contributed by atoms with Gasteiger partial charge in [0.15, 0.2) is 12.2 Å². The number of hydrogen-bond donors (Lipinski definition) is 3. The van der Waals surface area contributed by atoms with Gasteiger partial charge in [0.1, 0.15) is 19.3 Å². The second-order valence-corrected chi connectivity index (χ2v) is 30.4. The van der Waals surface area contributed by atoms with E-state index in [0.717, 1.165) is 102 Å². The third-order valence-electron chi connectivity index (χ3n) is 17.5. The first-order valence-corrected chi connectivity index (χ1v) is 42.1. The number of aliphatic hydroxyl groups excluding tert-OH is 1. The molecule has 558 valence electrons. The maximum Gasteiger partial charge on any atom is 0.472 e. The van der Waals surface area contributed by atoms with E-state index in [4.69, 9.17) is 37.0 Å². The summed E-state index contributed by atoms with van der Waals surface area (Å²) in [5.41, 5.74) is 0. The molecule has 0 rings (SSSR count). The third kappa shape index (κ3) is 68.6. The molecule has 0 spiro atoms. The van der Waals surface area contributed by atoms with Crippen molar-refractivity contribution in [1.82, 2.24) is 0 Å². The summed E-state index contributed by atoms with van der Waals surface area (Å²) in [6.07, 6.45) is 56.9. The zero-order chi connectivity index (χ0) is 69.1. The minimum absolute atomic E-state index is 0.107. The number of phosphoric ester groups is 2. The molecule has 0 amide bonds. The van der Waals surface area contributed by atoms with Crippen molar-refractivity contribution >= 4 is 39.5 Å². The van der Waals surface area contributed by atoms with Crippen LogP contribution in [-0.2, 0) is 65.4 Å². The van der Waals surface area contributed by atoms with Gasteiger partial charge in [0.05, 0.1) is 26.4 Å². The second kappa shape index (κ2) is 68.2. The van der Waals surface area contributed by atoms with Gasteiger partial charge in [-0.3, -0.25) is 37.3 Å². The molecule has 94 heavy (non-hydrogen) atoms. The first-order chi connectivity index (χ1) is 45.5. The first kappa shape index (κ1) is 92.1. The van der Waals surface area contributed by atoms with E-state index in [1.165, 1.54) is 212 Å². The Morgan fingerprint density at radius 2 is 0.489 bits per heavy atom. The lowest BCUT2D eigenvalue weighted by Crippen LogP contribution is -2.30. The lowest BCUT2D eigenvalue weighted by atomic mass is 10.0. The van der Waals surface area contributed by atoms with Crippen LogP contribution in [0.4, 0.5) is 0 Å². The number of ether oxygens (including phenoxy) is 4. The molecule has 2 unspecified atom stereocenters. The van der Waals surface area contributed by atoms with Crippen molar-refractivity contribution in [3.05, 3.63) is 0 Å². The molecular formula is C75H146O17P2. The lowest BCUT2D eigenvalue weighted by Gasteiger charge is -2.21. The standard InChI is InChI=1S/C75H146O17P2/c1-6-9-12-15-18-21-23-31-36-39-44-49-54-59-73(78)86-65-71(92-75(80)61-56-51-46-41-37-33-30-28-26-25-27-29-32-34-38-42-47-52-57-68(4)5)67-90-94(83,84)88-63-69(76)62-87-93(81,82)89-66-70(64-85-72(77)58-53-48-43-20-17-14-11-8-3)91-74(79)60-55-50-45-40-35-24-22-19-16-13-10-7-2/h68-71,76H,6-67H2,1-5H3,(H,81,82)(H,83,84)/t69-,70+,71+/m0/s1. The van der Waals surface area contributed by atoms with Gasteiger partial charge in [-0.05, 0) is 31.6 Å². The van der Waals surface area contributed by atoms with E-state index < -0.39 is 97.5 Å². The molecule has 0 aliphatic rings. The van der Waals surface area contributed by atoms with Crippen LogP contribution >= 0.6 is 15.6 Å². The summed E-state index contributed by atoms with van der Waals surface area (Å²) < 4.78 is 68.4. The van der Waals surface area contributed by atoms with Crippen molar-refractivity contribution in [3.63, 3.8) is 0 Å². The molecule has 0 bridgehead atoms. The zero-order valence-corrected chi connectivity index (χ0v) is 62.9. The van der Waals surface area contributed by atoms with E-state index in [1.54, 1.807) is 0 Å². The third-order valence-corrected chi connectivity index (χ3v) is 19.4. The SMILES string of the molecule is CCCCCCCCCCCCCCCC(=O)OC[C@H](COP(=O)(O)OC[C@@H](O)COP(=O)(O)OC[C@@H](COC(=O)CCCCCCCCCC)OC(=O)CCCCCCCCCCCCCC)OC(=O)CCCCCCCCCCCCCCCCCCCCC(C)C. The Kier molecular flexibility index (Phi) is 66.8. The van der Waals surface area contributed by atoms with Gasteiger partial charge in [0.25, 0.3) is 0 Å². The molecule has 3 N–H and O–H groups in total. The second-order valence-electron chi connectivity index (χ2n) is 27.5. The molecule has 0 aromatic carbocycles. The highest BCUT2D eigenvalue weighted by molar-refractivity contribution is 7.47. The van der Waals surface area contributed by atoms with Crippen molar-refractivity contribution in [2.75, 3.05) is 39.6 Å². The van der Waals surface area contributed by atoms with Gasteiger partial charge in [-0.15, -0.1) is 0 Å². The maximum atomic E-state index is 13.1. The average molecular weight is 1380 g/mol. The van der Waals surface area contributed by atoms with Crippen LogP contribution in [0, 0.1) is 5.92 Å². The molecule has 0 radical (unpaired) electrons. The molecule has 0 fully saturated rings. The number of phosphoric acid groups is 2. The van der Waals surface area contributed by atoms with Crippen LogP contribution in [0.3, 0.4) is 0 Å². The number of rotatable bonds is 75. The Labute approximate surface area is 575 Å². The molecule has 0 aliphatic carbocycles. The summed E-state index contributed by atoms with van der Waals surface area (Å²) in [6, 6.07) is 0. The lowest BCUT2D eigenvalue weighted by molar-refractivity contribution is -0.161. The maximum absolute atomic E-state index is 13.1. The summed E-state index contributed by atoms with van der Waals surface area (Å²) in [7, 11) is -9.90.